The Morgan fingerprint density at radius 3 is 2.36 bits per heavy atom. The van der Waals surface area contributed by atoms with Crippen molar-refractivity contribution in [2.45, 2.75) is 78.3 Å². The van der Waals surface area contributed by atoms with Crippen molar-refractivity contribution in [3.8, 4) is 11.3 Å². The normalized spacial score (nSPS) is 18.9. The predicted molar refractivity (Wildman–Crippen MR) is 140 cm³/mol. The van der Waals surface area contributed by atoms with Crippen molar-refractivity contribution in [1.29, 1.82) is 0 Å². The number of benzene rings is 1. The minimum atomic E-state index is -0.0835. The molecule has 1 saturated heterocycles. The molecule has 2 aromatic heterocycles. The Morgan fingerprint density at radius 1 is 0.970 bits per heavy atom. The van der Waals surface area contributed by atoms with E-state index in [1.807, 2.05) is 4.52 Å². The molecule has 33 heavy (non-hydrogen) atoms. The van der Waals surface area contributed by atoms with E-state index in [2.05, 4.69) is 67.9 Å². The fraction of sp³-hybridized carbons (Fsp3) is 0.615. The van der Waals surface area contributed by atoms with Gasteiger partial charge in [0.25, 0.3) is 0 Å². The lowest BCUT2D eigenvalue weighted by molar-refractivity contribution is 0.148. The Balaban J connectivity index is 1.41. The first kappa shape index (κ1) is 22.7. The van der Waals surface area contributed by atoms with Gasteiger partial charge in [-0.3, -0.25) is 4.90 Å². The van der Waals surface area contributed by atoms with E-state index in [9.17, 15) is 0 Å². The molecule has 0 spiro atoms. The van der Waals surface area contributed by atoms with Crippen molar-refractivity contribution in [3.63, 3.8) is 0 Å². The van der Waals surface area contributed by atoms with Crippen molar-refractivity contribution in [2.24, 2.45) is 0 Å². The zero-order valence-electron chi connectivity index (χ0n) is 20.8. The molecule has 2 aliphatic rings. The van der Waals surface area contributed by atoms with E-state index in [1.54, 1.807) is 11.3 Å². The first-order valence-electron chi connectivity index (χ1n) is 12.5. The van der Waals surface area contributed by atoms with Crippen LogP contribution in [0.5, 0.6) is 0 Å². The highest BCUT2D eigenvalue weighted by atomic mass is 32.1. The van der Waals surface area contributed by atoms with E-state index >= 15 is 0 Å². The maximum absolute atomic E-state index is 5.06. The van der Waals surface area contributed by atoms with Gasteiger partial charge in [-0.1, -0.05) is 42.7 Å². The number of hydrogen-bond donors (Lipinski definition) is 1. The molecule has 0 radical (unpaired) electrons. The Morgan fingerprint density at radius 2 is 1.70 bits per heavy atom. The minimum absolute atomic E-state index is 0.0835. The Bertz CT molecular complexity index is 1110. The van der Waals surface area contributed by atoms with Gasteiger partial charge in [0.05, 0.1) is 0 Å². The predicted octanol–water partition coefficient (Wildman–Crippen LogP) is 5.74. The quantitative estimate of drug-likeness (QED) is 0.531. The van der Waals surface area contributed by atoms with E-state index in [0.717, 1.165) is 59.4 Å². The number of aryl methyl sites for hydroxylation is 2. The third-order valence-electron chi connectivity index (χ3n) is 7.14. The number of nitrogens with zero attached hydrogens (tertiary/aromatic N) is 5. The number of piperazine rings is 1. The summed E-state index contributed by atoms with van der Waals surface area (Å²) in [5.74, 6) is 0.990. The van der Waals surface area contributed by atoms with Gasteiger partial charge in [0.1, 0.15) is 5.69 Å². The second-order valence-corrected chi connectivity index (χ2v) is 11.8. The lowest BCUT2D eigenvalue weighted by Gasteiger charge is -2.40. The lowest BCUT2D eigenvalue weighted by Crippen LogP contribution is -2.50. The molecule has 5 rings (SSSR count). The maximum Gasteiger partial charge on any atom is 0.216 e. The summed E-state index contributed by atoms with van der Waals surface area (Å²) in [6, 6.07) is 7.40. The Labute approximate surface area is 202 Å². The van der Waals surface area contributed by atoms with E-state index in [4.69, 9.17) is 10.1 Å². The number of aromatic nitrogens is 3. The second kappa shape index (κ2) is 8.91. The maximum atomic E-state index is 5.06. The van der Waals surface area contributed by atoms with Gasteiger partial charge in [0.15, 0.2) is 5.82 Å². The van der Waals surface area contributed by atoms with Crippen LogP contribution in [0.15, 0.2) is 18.2 Å². The molecule has 3 aromatic rings. The molecule has 6 nitrogen and oxygen atoms in total. The third-order valence-corrected chi connectivity index (χ3v) is 8.11. The van der Waals surface area contributed by atoms with E-state index in [-0.39, 0.29) is 5.54 Å². The van der Waals surface area contributed by atoms with Gasteiger partial charge in [0.2, 0.25) is 10.1 Å². The zero-order valence-corrected chi connectivity index (χ0v) is 21.6. The van der Waals surface area contributed by atoms with Crippen LogP contribution in [-0.4, -0.2) is 57.3 Å². The number of imidazole rings is 1. The van der Waals surface area contributed by atoms with E-state index < -0.39 is 0 Å². The SMILES string of the molecule is Cc1ccc(-c2nc3sc(N4CCN(C5CCCCC5)CC4)nn3c2NC(C)(C)C)cc1C. The van der Waals surface area contributed by atoms with Crippen LogP contribution in [0.3, 0.4) is 0 Å². The van der Waals surface area contributed by atoms with Crippen molar-refractivity contribution in [1.82, 2.24) is 19.5 Å². The summed E-state index contributed by atoms with van der Waals surface area (Å²) in [7, 11) is 0. The van der Waals surface area contributed by atoms with Gasteiger partial charge >= 0.3 is 0 Å². The van der Waals surface area contributed by atoms with Crippen LogP contribution in [0.25, 0.3) is 16.2 Å². The van der Waals surface area contributed by atoms with Gasteiger partial charge in [-0.15, -0.1) is 5.10 Å². The van der Waals surface area contributed by atoms with Gasteiger partial charge in [-0.25, -0.2) is 4.98 Å². The first-order valence-corrected chi connectivity index (χ1v) is 13.3. The highest BCUT2D eigenvalue weighted by molar-refractivity contribution is 7.20. The summed E-state index contributed by atoms with van der Waals surface area (Å²) < 4.78 is 2.03. The fourth-order valence-electron chi connectivity index (χ4n) is 5.15. The fourth-order valence-corrected chi connectivity index (χ4v) is 6.10. The van der Waals surface area contributed by atoms with Crippen molar-refractivity contribution in [3.05, 3.63) is 29.3 Å². The summed E-state index contributed by atoms with van der Waals surface area (Å²) in [6.07, 6.45) is 6.99. The number of hydrogen-bond acceptors (Lipinski definition) is 6. The largest absolute Gasteiger partial charge is 0.364 e. The molecule has 7 heteroatoms. The molecule has 0 bridgehead atoms. The summed E-state index contributed by atoms with van der Waals surface area (Å²) in [6.45, 7) is 15.3. The smallest absolute Gasteiger partial charge is 0.216 e. The van der Waals surface area contributed by atoms with Gasteiger partial charge < -0.3 is 10.2 Å². The lowest BCUT2D eigenvalue weighted by atomic mass is 9.94. The van der Waals surface area contributed by atoms with Crippen LogP contribution >= 0.6 is 11.3 Å². The van der Waals surface area contributed by atoms with Gasteiger partial charge in [-0.05, 0) is 64.7 Å². The van der Waals surface area contributed by atoms with Crippen LogP contribution in [-0.2, 0) is 0 Å². The topological polar surface area (TPSA) is 48.7 Å². The molecule has 2 fully saturated rings. The molecular weight excluding hydrogens is 428 g/mol. The average Bonchev–Trinajstić information content (AvgIpc) is 3.35. The molecule has 1 N–H and O–H groups in total. The van der Waals surface area contributed by atoms with Crippen LogP contribution in [0, 0.1) is 13.8 Å². The van der Waals surface area contributed by atoms with Crippen LogP contribution in [0.2, 0.25) is 0 Å². The summed E-state index contributed by atoms with van der Waals surface area (Å²) in [5.41, 5.74) is 4.64. The van der Waals surface area contributed by atoms with E-state index in [0.29, 0.717) is 0 Å². The highest BCUT2D eigenvalue weighted by Crippen LogP contribution is 2.36. The van der Waals surface area contributed by atoms with Crippen molar-refractivity contribution < 1.29 is 0 Å². The molecule has 1 aliphatic heterocycles. The molecule has 1 aliphatic carbocycles. The highest BCUT2D eigenvalue weighted by Gasteiger charge is 2.28. The Hall–Kier alpha value is -2.12. The molecule has 1 saturated carbocycles. The van der Waals surface area contributed by atoms with Crippen LogP contribution < -0.4 is 10.2 Å². The molecule has 178 valence electrons. The molecular formula is C26H38N6S. The number of anilines is 2. The van der Waals surface area contributed by atoms with Crippen LogP contribution in [0.4, 0.5) is 10.9 Å². The molecule has 0 amide bonds. The van der Waals surface area contributed by atoms with Crippen molar-refractivity contribution in [2.75, 3.05) is 36.4 Å². The summed E-state index contributed by atoms with van der Waals surface area (Å²) >= 11 is 1.71. The van der Waals surface area contributed by atoms with Crippen LogP contribution in [0.1, 0.15) is 64.0 Å². The van der Waals surface area contributed by atoms with E-state index in [1.165, 1.54) is 43.2 Å². The third kappa shape index (κ3) is 4.76. The second-order valence-electron chi connectivity index (χ2n) is 10.9. The molecule has 3 heterocycles. The average molecular weight is 467 g/mol. The molecule has 0 atom stereocenters. The number of fused-ring (bicyclic) bond motifs is 1. The summed E-state index contributed by atoms with van der Waals surface area (Å²) in [5, 5.41) is 9.84. The standard InChI is InChI=1S/C26H38N6S/c1-18-11-12-20(17-19(18)2)22-23(28-26(3,4)5)32-24(27-22)33-25(29-32)31-15-13-30(14-16-31)21-9-7-6-8-10-21/h11-12,17,21,28H,6-10,13-16H2,1-5H3. The zero-order chi connectivity index (χ0) is 23.2. The van der Waals surface area contributed by atoms with Gasteiger partial charge in [-0.2, -0.15) is 4.52 Å². The van der Waals surface area contributed by atoms with Crippen molar-refractivity contribution >= 4 is 27.2 Å². The number of nitrogens with one attached hydrogen (secondary N) is 1. The molecule has 1 aromatic carbocycles. The minimum Gasteiger partial charge on any atom is -0.364 e. The monoisotopic (exact) mass is 466 g/mol. The first-order chi connectivity index (χ1) is 15.8. The Kier molecular flexibility index (Phi) is 6.12. The summed E-state index contributed by atoms with van der Waals surface area (Å²) in [4.78, 5) is 11.2. The number of rotatable bonds is 4. The molecule has 0 unspecified atom stereocenters. The van der Waals surface area contributed by atoms with Gasteiger partial charge in [0, 0.05) is 43.3 Å².